The topological polar surface area (TPSA) is 98.8 Å². The molecule has 3 N–H and O–H groups in total. The molecule has 0 bridgehead atoms. The van der Waals surface area contributed by atoms with E-state index in [4.69, 9.17) is 10.1 Å². The average Bonchev–Trinajstić information content (AvgIpc) is 3.23. The van der Waals surface area contributed by atoms with Crippen molar-refractivity contribution >= 4 is 17.9 Å². The molecule has 0 saturated carbocycles. The Kier molecular flexibility index (Phi) is 9.60. The molecule has 0 aliphatic rings. The Morgan fingerprint density at radius 3 is 2.35 bits per heavy atom. The number of aromatic nitrogens is 2. The number of aliphatic hydroxyl groups excluding tert-OH is 2. The van der Waals surface area contributed by atoms with Crippen LogP contribution in [0.2, 0.25) is 0 Å². The predicted molar refractivity (Wildman–Crippen MR) is 145 cm³/mol. The van der Waals surface area contributed by atoms with Crippen molar-refractivity contribution < 1.29 is 24.5 Å². The third kappa shape index (κ3) is 7.05. The summed E-state index contributed by atoms with van der Waals surface area (Å²) in [6, 6.07) is 14.4. The number of benzene rings is 2. The van der Waals surface area contributed by atoms with Gasteiger partial charge in [-0.25, -0.2) is 9.37 Å². The Balaban J connectivity index is 2.15. The van der Waals surface area contributed by atoms with E-state index in [2.05, 4.69) is 30.9 Å². The highest BCUT2D eigenvalue weighted by Crippen LogP contribution is 2.36. The Hall–Kier alpha value is -3.49. The summed E-state index contributed by atoms with van der Waals surface area (Å²) in [6.45, 7) is 9.98. The zero-order chi connectivity index (χ0) is 27.1. The van der Waals surface area contributed by atoms with E-state index in [1.807, 2.05) is 30.5 Å². The zero-order valence-electron chi connectivity index (χ0n) is 21.8. The Labute approximate surface area is 217 Å². The van der Waals surface area contributed by atoms with Crippen LogP contribution in [0.1, 0.15) is 52.3 Å². The molecule has 0 spiro atoms. The van der Waals surface area contributed by atoms with Gasteiger partial charge in [0.15, 0.2) is 0 Å². The average molecular weight is 510 g/mol. The van der Waals surface area contributed by atoms with Gasteiger partial charge in [0.25, 0.3) is 0 Å². The van der Waals surface area contributed by atoms with Gasteiger partial charge >= 0.3 is 5.97 Å². The lowest BCUT2D eigenvalue weighted by atomic mass is 10.0. The smallest absolute Gasteiger partial charge is 0.305 e. The molecule has 0 aliphatic heterocycles. The first-order valence-corrected chi connectivity index (χ1v) is 12.6. The highest BCUT2D eigenvalue weighted by Gasteiger charge is 2.22. The number of hydrogen-bond acceptors (Lipinski definition) is 5. The van der Waals surface area contributed by atoms with Gasteiger partial charge in [-0.2, -0.15) is 0 Å². The van der Waals surface area contributed by atoms with Crippen LogP contribution in [0.5, 0.6) is 0 Å². The third-order valence-electron chi connectivity index (χ3n) is 6.20. The van der Waals surface area contributed by atoms with Gasteiger partial charge in [0.2, 0.25) is 0 Å². The zero-order valence-corrected chi connectivity index (χ0v) is 21.8. The van der Waals surface area contributed by atoms with Crippen LogP contribution in [-0.4, -0.2) is 56.1 Å². The van der Waals surface area contributed by atoms with Crippen molar-refractivity contribution in [3.05, 3.63) is 66.2 Å². The van der Waals surface area contributed by atoms with Gasteiger partial charge in [-0.3, -0.25) is 4.79 Å². The lowest BCUT2D eigenvalue weighted by Crippen LogP contribution is -2.21. The number of carbonyl (C=O) groups is 1. The van der Waals surface area contributed by atoms with Crippen LogP contribution in [0.4, 0.5) is 10.1 Å². The molecule has 3 rings (SSSR count). The van der Waals surface area contributed by atoms with Gasteiger partial charge in [-0.1, -0.05) is 26.0 Å². The number of nitrogens with zero attached hydrogens (tertiary/aromatic N) is 3. The van der Waals surface area contributed by atoms with Crippen molar-refractivity contribution in [2.75, 3.05) is 18.0 Å². The third-order valence-corrected chi connectivity index (χ3v) is 6.20. The largest absolute Gasteiger partial charge is 0.481 e. The molecule has 7 nitrogen and oxygen atoms in total. The van der Waals surface area contributed by atoms with Gasteiger partial charge < -0.3 is 24.8 Å². The minimum Gasteiger partial charge on any atom is -0.481 e. The minimum absolute atomic E-state index is 0.0262. The summed E-state index contributed by atoms with van der Waals surface area (Å²) in [5.41, 5.74) is 4.22. The van der Waals surface area contributed by atoms with Crippen molar-refractivity contribution in [1.82, 2.24) is 9.55 Å². The number of imidazole rings is 1. The Morgan fingerprint density at radius 2 is 1.76 bits per heavy atom. The number of rotatable bonds is 12. The van der Waals surface area contributed by atoms with Crippen LogP contribution < -0.4 is 4.90 Å². The second kappa shape index (κ2) is 12.7. The van der Waals surface area contributed by atoms with Crippen LogP contribution >= 0.6 is 0 Å². The maximum absolute atomic E-state index is 13.8. The molecular formula is C29H36FN3O4. The van der Waals surface area contributed by atoms with Crippen molar-refractivity contribution in [2.45, 2.75) is 58.7 Å². The lowest BCUT2D eigenvalue weighted by molar-refractivity contribution is -0.139. The molecule has 3 aromatic rings. The van der Waals surface area contributed by atoms with Gasteiger partial charge in [0.1, 0.15) is 11.6 Å². The van der Waals surface area contributed by atoms with Gasteiger partial charge in [-0.15, -0.1) is 0 Å². The van der Waals surface area contributed by atoms with Crippen LogP contribution in [0.15, 0.2) is 54.6 Å². The van der Waals surface area contributed by atoms with Crippen LogP contribution in [-0.2, 0) is 4.79 Å². The highest BCUT2D eigenvalue weighted by molar-refractivity contribution is 5.82. The summed E-state index contributed by atoms with van der Waals surface area (Å²) in [6.07, 6.45) is 0.422. The number of anilines is 1. The SMILES string of the molecule is CCN(CC)c1cccc(-c2nc(C(C)C)n(/C=C/C(O)CC(O)CC(=O)O)c2-c2ccc(F)cc2)c1. The fourth-order valence-corrected chi connectivity index (χ4v) is 4.36. The molecule has 2 unspecified atom stereocenters. The summed E-state index contributed by atoms with van der Waals surface area (Å²) >= 11 is 0. The predicted octanol–water partition coefficient (Wildman–Crippen LogP) is 5.38. The first-order valence-electron chi connectivity index (χ1n) is 12.6. The van der Waals surface area contributed by atoms with Crippen molar-refractivity contribution in [1.29, 1.82) is 0 Å². The summed E-state index contributed by atoms with van der Waals surface area (Å²) < 4.78 is 15.7. The molecule has 1 heterocycles. The molecule has 198 valence electrons. The number of carboxylic acid groups (broad SMARTS) is 1. The molecule has 8 heteroatoms. The quantitative estimate of drug-likeness (QED) is 0.303. The van der Waals surface area contributed by atoms with Crippen molar-refractivity contribution in [3.63, 3.8) is 0 Å². The summed E-state index contributed by atoms with van der Waals surface area (Å²) in [7, 11) is 0. The van der Waals surface area contributed by atoms with E-state index in [9.17, 15) is 19.4 Å². The number of aliphatic hydroxyl groups is 2. The van der Waals surface area contributed by atoms with Crippen LogP contribution in [0.25, 0.3) is 28.7 Å². The molecular weight excluding hydrogens is 473 g/mol. The van der Waals surface area contributed by atoms with E-state index in [0.717, 1.165) is 47.1 Å². The van der Waals surface area contributed by atoms with E-state index in [0.29, 0.717) is 0 Å². The molecule has 0 fully saturated rings. The molecule has 2 atom stereocenters. The highest BCUT2D eigenvalue weighted by atomic mass is 19.1. The van der Waals surface area contributed by atoms with Crippen LogP contribution in [0, 0.1) is 5.82 Å². The fourth-order valence-electron chi connectivity index (χ4n) is 4.36. The van der Waals surface area contributed by atoms with Crippen molar-refractivity contribution in [3.8, 4) is 22.5 Å². The normalized spacial score (nSPS) is 13.3. The first-order chi connectivity index (χ1) is 17.6. The second-order valence-corrected chi connectivity index (χ2v) is 9.32. The van der Waals surface area contributed by atoms with E-state index < -0.39 is 24.6 Å². The molecule has 0 aliphatic carbocycles. The minimum atomic E-state index is -1.17. The van der Waals surface area contributed by atoms with Gasteiger partial charge in [-0.05, 0) is 56.3 Å². The number of halogens is 1. The van der Waals surface area contributed by atoms with Crippen molar-refractivity contribution in [2.24, 2.45) is 0 Å². The standard InChI is InChI=1S/C29H36FN3O4/c1-5-32(6-2)23-9-7-8-21(16-23)27-28(20-10-12-22(30)13-11-20)33(29(31-27)19(3)4)15-14-24(34)17-25(35)18-26(36)37/h7-16,19,24-25,34-35H,5-6,17-18H2,1-4H3,(H,36,37)/b15-14+. The fraction of sp³-hybridized carbons (Fsp3) is 0.379. The molecule has 1 aromatic heterocycles. The van der Waals surface area contributed by atoms with E-state index >= 15 is 0 Å². The number of aliphatic carboxylic acids is 1. The van der Waals surface area contributed by atoms with E-state index in [-0.39, 0.29) is 18.2 Å². The summed E-state index contributed by atoms with van der Waals surface area (Å²) in [5, 5.41) is 29.3. The van der Waals surface area contributed by atoms with E-state index in [1.54, 1.807) is 18.3 Å². The Bertz CT molecular complexity index is 1220. The van der Waals surface area contributed by atoms with Crippen LogP contribution in [0.3, 0.4) is 0 Å². The Morgan fingerprint density at radius 1 is 1.08 bits per heavy atom. The number of carboxylic acids is 1. The lowest BCUT2D eigenvalue weighted by Gasteiger charge is -2.21. The monoisotopic (exact) mass is 509 g/mol. The molecule has 2 aromatic carbocycles. The second-order valence-electron chi connectivity index (χ2n) is 9.32. The van der Waals surface area contributed by atoms with Gasteiger partial charge in [0.05, 0.1) is 30.0 Å². The van der Waals surface area contributed by atoms with Gasteiger partial charge in [0, 0.05) is 48.4 Å². The molecule has 0 radical (unpaired) electrons. The van der Waals surface area contributed by atoms with E-state index in [1.165, 1.54) is 18.2 Å². The first kappa shape index (κ1) is 28.1. The summed E-state index contributed by atoms with van der Waals surface area (Å²) in [4.78, 5) is 18.1. The molecule has 37 heavy (non-hydrogen) atoms. The number of hydrogen-bond donors (Lipinski definition) is 3. The molecule has 0 amide bonds. The maximum Gasteiger partial charge on any atom is 0.305 e. The molecule has 0 saturated heterocycles. The summed E-state index contributed by atoms with van der Waals surface area (Å²) in [5.74, 6) is -0.701. The maximum atomic E-state index is 13.8.